The van der Waals surface area contributed by atoms with Crippen LogP contribution in [0, 0.1) is 0 Å². The Morgan fingerprint density at radius 1 is 0.694 bits per heavy atom. The van der Waals surface area contributed by atoms with Crippen molar-refractivity contribution >= 4 is 29.3 Å². The lowest BCUT2D eigenvalue weighted by Gasteiger charge is -2.07. The third-order valence-corrected chi connectivity index (χ3v) is 6.45. The van der Waals surface area contributed by atoms with Crippen molar-refractivity contribution in [1.82, 2.24) is 15.6 Å². The highest BCUT2D eigenvalue weighted by Crippen LogP contribution is 2.20. The second-order valence-corrected chi connectivity index (χ2v) is 9.27. The van der Waals surface area contributed by atoms with Gasteiger partial charge in [-0.3, -0.25) is 4.99 Å². The van der Waals surface area contributed by atoms with E-state index in [1.807, 2.05) is 24.3 Å². The molecule has 0 aromatic carbocycles. The smallest absolute Gasteiger partial charge is 0.0895 e. The molecule has 7 heterocycles. The minimum atomic E-state index is -0.00395. The Balaban J connectivity index is 1.24. The maximum absolute atomic E-state index is 4.83. The second-order valence-electron chi connectivity index (χ2n) is 9.27. The third-order valence-electron chi connectivity index (χ3n) is 6.45. The summed E-state index contributed by atoms with van der Waals surface area (Å²) in [4.78, 5) is 17.8. The predicted octanol–water partition coefficient (Wildman–Crippen LogP) is 2.93. The molecular weight excluding hydrogens is 444 g/mol. The molecule has 0 saturated heterocycles. The van der Waals surface area contributed by atoms with Crippen molar-refractivity contribution in [3.8, 4) is 0 Å². The van der Waals surface area contributed by atoms with Gasteiger partial charge in [-0.2, -0.15) is 0 Å². The molecule has 12 bridgehead atoms. The first-order valence-corrected chi connectivity index (χ1v) is 12.2. The van der Waals surface area contributed by atoms with Crippen LogP contribution in [0.1, 0.15) is 6.42 Å². The molecule has 1 aromatic rings. The first-order chi connectivity index (χ1) is 17.7. The van der Waals surface area contributed by atoms with Crippen LogP contribution in [-0.2, 0) is 0 Å². The highest BCUT2D eigenvalue weighted by atomic mass is 15.0. The molecule has 0 saturated carbocycles. The number of aromatic amines is 1. The van der Waals surface area contributed by atoms with Crippen molar-refractivity contribution in [2.24, 2.45) is 15.0 Å². The molecule has 174 valence electrons. The zero-order valence-electron chi connectivity index (χ0n) is 19.5. The molecule has 0 aliphatic carbocycles. The van der Waals surface area contributed by atoms with Crippen molar-refractivity contribution in [3.63, 3.8) is 0 Å². The first-order valence-electron chi connectivity index (χ1n) is 12.2. The molecule has 2 atom stereocenters. The molecule has 0 amide bonds. The van der Waals surface area contributed by atoms with Crippen molar-refractivity contribution in [2.45, 2.75) is 18.5 Å². The van der Waals surface area contributed by atoms with Crippen molar-refractivity contribution in [1.29, 1.82) is 0 Å². The van der Waals surface area contributed by atoms with Crippen LogP contribution in [0.2, 0.25) is 0 Å². The maximum atomic E-state index is 4.83. The van der Waals surface area contributed by atoms with Crippen molar-refractivity contribution < 1.29 is 0 Å². The monoisotopic (exact) mass is 468 g/mol. The highest BCUT2D eigenvalue weighted by Gasteiger charge is 2.15. The van der Waals surface area contributed by atoms with Gasteiger partial charge in [0.1, 0.15) is 0 Å². The van der Waals surface area contributed by atoms with E-state index in [1.54, 1.807) is 0 Å². The molecule has 0 spiro atoms. The average molecular weight is 469 g/mol. The number of hydrogen-bond acceptors (Lipinski definition) is 5. The molecule has 36 heavy (non-hydrogen) atoms. The zero-order chi connectivity index (χ0) is 23.9. The summed E-state index contributed by atoms with van der Waals surface area (Å²) in [7, 11) is 0. The lowest BCUT2D eigenvalue weighted by molar-refractivity contribution is 0.837. The van der Waals surface area contributed by atoms with E-state index in [2.05, 4.69) is 94.6 Å². The van der Waals surface area contributed by atoms with Crippen LogP contribution in [-0.4, -0.2) is 34.2 Å². The highest BCUT2D eigenvalue weighted by molar-refractivity contribution is 6.20. The van der Waals surface area contributed by atoms with Crippen LogP contribution in [0.15, 0.2) is 135 Å². The van der Waals surface area contributed by atoms with Crippen LogP contribution in [0.25, 0.3) is 12.2 Å². The van der Waals surface area contributed by atoms with Gasteiger partial charge in [-0.25, -0.2) is 9.98 Å². The quantitative estimate of drug-likeness (QED) is 0.548. The van der Waals surface area contributed by atoms with Gasteiger partial charge >= 0.3 is 0 Å². The van der Waals surface area contributed by atoms with Crippen LogP contribution in [0.3, 0.4) is 0 Å². The SMILES string of the molecule is C1=CC2/C=C3/C=CC(=N3)/C=c3/cc/c([nH]3)=C/C3=NC(=C/C4C=CC(=N4)C=C4CC=C(C=C1N2)N4)/C=C3. The van der Waals surface area contributed by atoms with E-state index in [0.29, 0.717) is 0 Å². The topological polar surface area (TPSA) is 76.9 Å². The first kappa shape index (κ1) is 20.6. The molecule has 0 radical (unpaired) electrons. The van der Waals surface area contributed by atoms with E-state index in [-0.39, 0.29) is 12.1 Å². The molecule has 3 N–H and O–H groups in total. The summed E-state index contributed by atoms with van der Waals surface area (Å²) >= 11 is 0. The molecule has 6 aliphatic rings. The van der Waals surface area contributed by atoms with Crippen LogP contribution in [0.4, 0.5) is 0 Å². The van der Waals surface area contributed by atoms with Crippen LogP contribution < -0.4 is 21.3 Å². The second kappa shape index (κ2) is 8.50. The van der Waals surface area contributed by atoms with Gasteiger partial charge in [-0.05, 0) is 85.0 Å². The van der Waals surface area contributed by atoms with E-state index in [4.69, 9.17) is 15.0 Å². The molecule has 1 aromatic heterocycles. The third kappa shape index (κ3) is 4.36. The zero-order valence-corrected chi connectivity index (χ0v) is 19.5. The Morgan fingerprint density at radius 2 is 1.47 bits per heavy atom. The van der Waals surface area contributed by atoms with Gasteiger partial charge in [-0.15, -0.1) is 0 Å². The summed E-state index contributed by atoms with van der Waals surface area (Å²) in [6.45, 7) is 0. The molecule has 6 aliphatic heterocycles. The molecule has 0 fully saturated rings. The van der Waals surface area contributed by atoms with Crippen molar-refractivity contribution in [2.75, 3.05) is 0 Å². The van der Waals surface area contributed by atoms with Gasteiger partial charge in [0.05, 0.1) is 40.6 Å². The lowest BCUT2D eigenvalue weighted by atomic mass is 10.2. The molecule has 7 rings (SSSR count). The number of aliphatic imine (C=N–C) groups is 3. The van der Waals surface area contributed by atoms with Gasteiger partial charge < -0.3 is 15.6 Å². The van der Waals surface area contributed by atoms with Crippen LogP contribution >= 0.6 is 0 Å². The molecular formula is C30H24N6. The summed E-state index contributed by atoms with van der Waals surface area (Å²) in [5.41, 5.74) is 8.00. The minimum absolute atomic E-state index is 0.00395. The molecule has 2 unspecified atom stereocenters. The normalized spacial score (nSPS) is 30.0. The van der Waals surface area contributed by atoms with E-state index in [0.717, 1.165) is 62.7 Å². The fourth-order valence-electron chi connectivity index (χ4n) is 4.77. The van der Waals surface area contributed by atoms with Crippen LogP contribution in [0.5, 0.6) is 0 Å². The summed E-state index contributed by atoms with van der Waals surface area (Å²) in [6, 6.07) is 4.23. The van der Waals surface area contributed by atoms with Gasteiger partial charge in [0.15, 0.2) is 0 Å². The summed E-state index contributed by atoms with van der Waals surface area (Å²) in [6.07, 6.45) is 32.3. The van der Waals surface area contributed by atoms with Gasteiger partial charge in [0, 0.05) is 34.2 Å². The van der Waals surface area contributed by atoms with E-state index in [1.165, 1.54) is 0 Å². The maximum Gasteiger partial charge on any atom is 0.0895 e. The van der Waals surface area contributed by atoms with E-state index < -0.39 is 0 Å². The largest absolute Gasteiger partial charge is 0.375 e. The number of nitrogens with zero attached hydrogens (tertiary/aromatic N) is 3. The Bertz CT molecular complexity index is 1650. The fraction of sp³-hybridized carbons (Fsp3) is 0.100. The number of nitrogens with one attached hydrogen (secondary N) is 3. The molecule has 6 nitrogen and oxygen atoms in total. The van der Waals surface area contributed by atoms with E-state index >= 15 is 0 Å². The molecule has 6 heteroatoms. The summed E-state index contributed by atoms with van der Waals surface area (Å²) in [5, 5.41) is 9.06. The summed E-state index contributed by atoms with van der Waals surface area (Å²) in [5.74, 6) is 0. The Morgan fingerprint density at radius 3 is 2.28 bits per heavy atom. The van der Waals surface area contributed by atoms with Gasteiger partial charge in [0.25, 0.3) is 0 Å². The van der Waals surface area contributed by atoms with E-state index in [9.17, 15) is 0 Å². The standard InChI is InChI=1S/C30H24N6/c1-2-20-14-22-5-6-24(33-22)16-26-9-10-28(35-26)18-30-12-11-29(36-30)17-27-8-7-25(34-27)15-23-4-3-21(32-23)13-19(1)31-20/h1-11,13-18,25-26,31,34,36H,12H2/b19-13-,20-14-,23-15-,24-16+,27-17?,30-18?. The number of fused-ring (bicyclic) bond motifs is 9. The number of H-pyrrole nitrogens is 1. The average Bonchev–Trinajstić information content (AvgIpc) is 3.68. The minimum Gasteiger partial charge on any atom is -0.375 e. The number of hydrogen-bond donors (Lipinski definition) is 3. The fourth-order valence-corrected chi connectivity index (χ4v) is 4.77. The predicted molar refractivity (Wildman–Crippen MR) is 147 cm³/mol. The number of allylic oxidation sites excluding steroid dienone is 9. The Kier molecular flexibility index (Phi) is 4.87. The lowest BCUT2D eigenvalue weighted by Crippen LogP contribution is -2.19. The van der Waals surface area contributed by atoms with Gasteiger partial charge in [0.2, 0.25) is 0 Å². The Labute approximate surface area is 208 Å². The number of rotatable bonds is 0. The summed E-state index contributed by atoms with van der Waals surface area (Å²) < 4.78 is 0. The Hall–Kier alpha value is -4.71. The number of aromatic nitrogens is 1. The van der Waals surface area contributed by atoms with Crippen molar-refractivity contribution in [3.05, 3.63) is 130 Å². The van der Waals surface area contributed by atoms with Gasteiger partial charge in [-0.1, -0.05) is 18.2 Å².